The van der Waals surface area contributed by atoms with Crippen molar-refractivity contribution in [2.75, 3.05) is 10.6 Å². The molecule has 2 N–H and O–H groups in total. The highest BCUT2D eigenvalue weighted by molar-refractivity contribution is 6.45. The molecule has 0 fully saturated rings. The molecule has 2 aromatic rings. The lowest BCUT2D eigenvalue weighted by Crippen LogP contribution is -2.29. The summed E-state index contributed by atoms with van der Waals surface area (Å²) in [4.78, 5) is 23.6. The van der Waals surface area contributed by atoms with Crippen molar-refractivity contribution in [2.24, 2.45) is 0 Å². The van der Waals surface area contributed by atoms with Crippen molar-refractivity contribution < 1.29 is 22.8 Å². The Morgan fingerprint density at radius 3 is 2.21 bits per heavy atom. The molecule has 9 heteroatoms. The van der Waals surface area contributed by atoms with Crippen LogP contribution in [0.2, 0.25) is 10.0 Å². The lowest BCUT2D eigenvalue weighted by molar-refractivity contribution is -0.137. The van der Waals surface area contributed by atoms with Gasteiger partial charge in [-0.2, -0.15) is 13.2 Å². The minimum atomic E-state index is -4.60. The smallest absolute Gasteiger partial charge is 0.318 e. The molecule has 0 unspecified atom stereocenters. The first-order valence-corrected chi connectivity index (χ1v) is 7.17. The van der Waals surface area contributed by atoms with E-state index in [1.54, 1.807) is 12.1 Å². The molecule has 0 spiro atoms. The van der Waals surface area contributed by atoms with Crippen LogP contribution in [0, 0.1) is 0 Å². The third kappa shape index (κ3) is 4.62. The largest absolute Gasteiger partial charge is 0.416 e. The fourth-order valence-corrected chi connectivity index (χ4v) is 2.09. The van der Waals surface area contributed by atoms with Crippen molar-refractivity contribution >= 4 is 46.4 Å². The number of carbonyl (C=O) groups excluding carboxylic acids is 2. The zero-order chi connectivity index (χ0) is 17.9. The Morgan fingerprint density at radius 2 is 1.58 bits per heavy atom. The Morgan fingerprint density at radius 1 is 0.917 bits per heavy atom. The van der Waals surface area contributed by atoms with Crippen LogP contribution in [-0.4, -0.2) is 11.8 Å². The Bertz CT molecular complexity index is 795. The van der Waals surface area contributed by atoms with E-state index < -0.39 is 23.6 Å². The van der Waals surface area contributed by atoms with Crippen LogP contribution in [0.25, 0.3) is 0 Å². The summed E-state index contributed by atoms with van der Waals surface area (Å²) in [5.74, 6) is -2.25. The van der Waals surface area contributed by atoms with E-state index in [0.29, 0.717) is 11.1 Å². The van der Waals surface area contributed by atoms with Crippen LogP contribution >= 0.6 is 23.2 Å². The van der Waals surface area contributed by atoms with Crippen LogP contribution < -0.4 is 10.6 Å². The summed E-state index contributed by atoms with van der Waals surface area (Å²) < 4.78 is 38.0. The quantitative estimate of drug-likeness (QED) is 0.753. The van der Waals surface area contributed by atoms with Gasteiger partial charge in [0.2, 0.25) is 0 Å². The summed E-state index contributed by atoms with van der Waals surface area (Å²) in [6.07, 6.45) is -4.60. The molecule has 0 radical (unpaired) electrons. The lowest BCUT2D eigenvalue weighted by Gasteiger charge is -2.11. The third-order valence-corrected chi connectivity index (χ3v) is 3.40. The Labute approximate surface area is 144 Å². The molecule has 0 atom stereocenters. The molecule has 0 aliphatic rings. The molecule has 4 nitrogen and oxygen atoms in total. The predicted octanol–water partition coefficient (Wildman–Crippen LogP) is 4.59. The number of carbonyl (C=O) groups is 2. The average molecular weight is 377 g/mol. The molecule has 0 aromatic heterocycles. The van der Waals surface area contributed by atoms with Gasteiger partial charge in [0.15, 0.2) is 0 Å². The molecular formula is C15H9Cl2F3N2O2. The normalized spacial score (nSPS) is 11.0. The molecule has 24 heavy (non-hydrogen) atoms. The summed E-state index contributed by atoms with van der Waals surface area (Å²) in [6, 6.07) is 8.42. The summed E-state index contributed by atoms with van der Waals surface area (Å²) in [6.45, 7) is 0. The zero-order valence-corrected chi connectivity index (χ0v) is 13.3. The SMILES string of the molecule is O=C(Nc1cccc(Cl)c1)C(=O)Nc1cc(C(F)(F)F)ccc1Cl. The second-order valence-electron chi connectivity index (χ2n) is 4.61. The van der Waals surface area contributed by atoms with Crippen LogP contribution in [0.15, 0.2) is 42.5 Å². The maximum absolute atomic E-state index is 12.7. The number of anilines is 2. The summed E-state index contributed by atoms with van der Waals surface area (Å²) in [5, 5.41) is 4.52. The molecule has 2 aromatic carbocycles. The van der Waals surface area contributed by atoms with Crippen molar-refractivity contribution in [1.82, 2.24) is 0 Å². The van der Waals surface area contributed by atoms with E-state index >= 15 is 0 Å². The van der Waals surface area contributed by atoms with Crippen molar-refractivity contribution in [3.05, 3.63) is 58.1 Å². The van der Waals surface area contributed by atoms with Gasteiger partial charge in [-0.3, -0.25) is 9.59 Å². The molecular weight excluding hydrogens is 368 g/mol. The van der Waals surface area contributed by atoms with E-state index in [1.165, 1.54) is 12.1 Å². The number of halogens is 5. The lowest BCUT2D eigenvalue weighted by atomic mass is 10.2. The standard InChI is InChI=1S/C15H9Cl2F3N2O2/c16-9-2-1-3-10(7-9)21-13(23)14(24)22-12-6-8(15(18,19)20)4-5-11(12)17/h1-7H,(H,21,23)(H,22,24). The zero-order valence-electron chi connectivity index (χ0n) is 11.7. The van der Waals surface area contributed by atoms with E-state index in [2.05, 4.69) is 5.32 Å². The van der Waals surface area contributed by atoms with Gasteiger partial charge in [-0.05, 0) is 36.4 Å². The Kier molecular flexibility index (Phi) is 5.36. The molecule has 0 saturated heterocycles. The number of hydrogen-bond acceptors (Lipinski definition) is 2. The number of hydrogen-bond donors (Lipinski definition) is 2. The van der Waals surface area contributed by atoms with Gasteiger partial charge >= 0.3 is 18.0 Å². The van der Waals surface area contributed by atoms with Crippen LogP contribution in [0.1, 0.15) is 5.56 Å². The fourth-order valence-electron chi connectivity index (χ4n) is 1.73. The number of rotatable bonds is 2. The molecule has 0 heterocycles. The van der Waals surface area contributed by atoms with E-state index in [1.807, 2.05) is 5.32 Å². The highest BCUT2D eigenvalue weighted by atomic mass is 35.5. The Balaban J connectivity index is 2.13. The van der Waals surface area contributed by atoms with E-state index in [0.717, 1.165) is 12.1 Å². The van der Waals surface area contributed by atoms with Gasteiger partial charge < -0.3 is 10.6 Å². The molecule has 2 amide bonds. The van der Waals surface area contributed by atoms with Crippen molar-refractivity contribution in [1.29, 1.82) is 0 Å². The molecule has 0 aliphatic carbocycles. The van der Waals surface area contributed by atoms with Gasteiger partial charge in [0.1, 0.15) is 0 Å². The van der Waals surface area contributed by atoms with Crippen molar-refractivity contribution in [3.8, 4) is 0 Å². The van der Waals surface area contributed by atoms with E-state index in [-0.39, 0.29) is 16.4 Å². The molecule has 0 saturated carbocycles. The minimum Gasteiger partial charge on any atom is -0.318 e. The maximum atomic E-state index is 12.7. The number of benzene rings is 2. The first kappa shape index (κ1) is 18.1. The summed E-state index contributed by atoms with van der Waals surface area (Å²) >= 11 is 11.5. The van der Waals surface area contributed by atoms with Crippen molar-refractivity contribution in [3.63, 3.8) is 0 Å². The van der Waals surface area contributed by atoms with Gasteiger partial charge in [0.05, 0.1) is 16.3 Å². The average Bonchev–Trinajstić information content (AvgIpc) is 2.48. The van der Waals surface area contributed by atoms with Gasteiger partial charge in [0.25, 0.3) is 0 Å². The van der Waals surface area contributed by atoms with Gasteiger partial charge in [-0.25, -0.2) is 0 Å². The number of nitrogens with one attached hydrogen (secondary N) is 2. The molecule has 126 valence electrons. The first-order valence-electron chi connectivity index (χ1n) is 6.41. The first-order chi connectivity index (χ1) is 11.2. The number of alkyl halides is 3. The maximum Gasteiger partial charge on any atom is 0.416 e. The molecule has 0 aliphatic heterocycles. The van der Waals surface area contributed by atoms with Gasteiger partial charge in [0, 0.05) is 10.7 Å². The highest BCUT2D eigenvalue weighted by Crippen LogP contribution is 2.33. The van der Waals surface area contributed by atoms with Gasteiger partial charge in [-0.15, -0.1) is 0 Å². The second-order valence-corrected chi connectivity index (χ2v) is 5.45. The second kappa shape index (κ2) is 7.11. The van der Waals surface area contributed by atoms with Crippen LogP contribution in [0.5, 0.6) is 0 Å². The summed E-state index contributed by atoms with van der Waals surface area (Å²) in [5.41, 5.74) is -1.06. The Hall–Kier alpha value is -2.25. The fraction of sp³-hybridized carbons (Fsp3) is 0.0667. The van der Waals surface area contributed by atoms with Crippen LogP contribution in [-0.2, 0) is 15.8 Å². The monoisotopic (exact) mass is 376 g/mol. The topological polar surface area (TPSA) is 58.2 Å². The van der Waals surface area contributed by atoms with Crippen LogP contribution in [0.3, 0.4) is 0 Å². The third-order valence-electron chi connectivity index (χ3n) is 2.83. The predicted molar refractivity (Wildman–Crippen MR) is 85.2 cm³/mol. The van der Waals surface area contributed by atoms with Crippen LogP contribution in [0.4, 0.5) is 24.5 Å². The molecule has 2 rings (SSSR count). The van der Waals surface area contributed by atoms with E-state index in [4.69, 9.17) is 23.2 Å². The minimum absolute atomic E-state index is 0.132. The number of amides is 2. The molecule has 0 bridgehead atoms. The summed E-state index contributed by atoms with van der Waals surface area (Å²) in [7, 11) is 0. The highest BCUT2D eigenvalue weighted by Gasteiger charge is 2.31. The van der Waals surface area contributed by atoms with E-state index in [9.17, 15) is 22.8 Å². The van der Waals surface area contributed by atoms with Crippen molar-refractivity contribution in [2.45, 2.75) is 6.18 Å². The van der Waals surface area contributed by atoms with Gasteiger partial charge in [-0.1, -0.05) is 29.3 Å².